The van der Waals surface area contributed by atoms with E-state index in [1.807, 2.05) is 0 Å². The first-order valence-electron chi connectivity index (χ1n) is 6.25. The average Bonchev–Trinajstić information content (AvgIpc) is 2.42. The molecule has 0 aliphatic rings. The minimum Gasteiger partial charge on any atom is -0.504 e. The zero-order chi connectivity index (χ0) is 14.5. The van der Waals surface area contributed by atoms with Crippen LogP contribution >= 0.6 is 0 Å². The highest BCUT2D eigenvalue weighted by molar-refractivity contribution is 5.50. The van der Waals surface area contributed by atoms with Crippen molar-refractivity contribution in [2.75, 3.05) is 11.9 Å². The Morgan fingerprint density at radius 3 is 2.40 bits per heavy atom. The predicted octanol–water partition coefficient (Wildman–Crippen LogP) is 3.68. The monoisotopic (exact) mass is 279 g/mol. The van der Waals surface area contributed by atoms with E-state index < -0.39 is 11.6 Å². The van der Waals surface area contributed by atoms with Crippen LogP contribution in [0.1, 0.15) is 12.5 Å². The Balaban J connectivity index is 2.17. The van der Waals surface area contributed by atoms with Crippen LogP contribution in [0.2, 0.25) is 0 Å². The van der Waals surface area contributed by atoms with Crippen molar-refractivity contribution < 1.29 is 18.6 Å². The summed E-state index contributed by atoms with van der Waals surface area (Å²) in [6.07, 6.45) is 0. The van der Waals surface area contributed by atoms with Crippen molar-refractivity contribution in [3.8, 4) is 11.5 Å². The van der Waals surface area contributed by atoms with Crippen molar-refractivity contribution in [1.82, 2.24) is 0 Å². The summed E-state index contributed by atoms with van der Waals surface area (Å²) in [6.45, 7) is 2.32. The van der Waals surface area contributed by atoms with Gasteiger partial charge in [0, 0.05) is 12.1 Å². The Morgan fingerprint density at radius 1 is 1.10 bits per heavy atom. The number of hydrogen-bond acceptors (Lipinski definition) is 3. The fourth-order valence-corrected chi connectivity index (χ4v) is 1.83. The number of benzene rings is 2. The lowest BCUT2D eigenvalue weighted by Crippen LogP contribution is -2.04. The third-order valence-electron chi connectivity index (χ3n) is 2.80. The van der Waals surface area contributed by atoms with Crippen molar-refractivity contribution >= 4 is 5.69 Å². The molecule has 2 rings (SSSR count). The van der Waals surface area contributed by atoms with E-state index in [9.17, 15) is 13.9 Å². The summed E-state index contributed by atoms with van der Waals surface area (Å²) in [4.78, 5) is 0. The maximum absolute atomic E-state index is 13.5. The second-order valence-electron chi connectivity index (χ2n) is 4.15. The van der Waals surface area contributed by atoms with Crippen LogP contribution in [0, 0.1) is 11.6 Å². The molecule has 0 radical (unpaired) electrons. The summed E-state index contributed by atoms with van der Waals surface area (Å²) in [7, 11) is 0. The number of aromatic hydroxyl groups is 1. The largest absolute Gasteiger partial charge is 0.504 e. The van der Waals surface area contributed by atoms with Crippen LogP contribution in [-0.4, -0.2) is 11.7 Å². The van der Waals surface area contributed by atoms with Gasteiger partial charge in [0.25, 0.3) is 0 Å². The first kappa shape index (κ1) is 14.1. The zero-order valence-corrected chi connectivity index (χ0v) is 11.0. The average molecular weight is 279 g/mol. The Hall–Kier alpha value is -2.30. The molecule has 0 aliphatic heterocycles. The molecule has 0 heterocycles. The Bertz CT molecular complexity index is 582. The van der Waals surface area contributed by atoms with Gasteiger partial charge in [-0.05, 0) is 25.1 Å². The summed E-state index contributed by atoms with van der Waals surface area (Å²) in [5.74, 6) is -1.03. The number of hydrogen-bond donors (Lipinski definition) is 2. The quantitative estimate of drug-likeness (QED) is 0.877. The fraction of sp³-hybridized carbons (Fsp3) is 0.200. The number of nitrogens with one attached hydrogen (secondary N) is 1. The van der Waals surface area contributed by atoms with Crippen LogP contribution in [0.25, 0.3) is 0 Å². The molecule has 2 aromatic rings. The molecule has 0 atom stereocenters. The van der Waals surface area contributed by atoms with Crippen molar-refractivity contribution in [3.05, 3.63) is 53.6 Å². The van der Waals surface area contributed by atoms with Gasteiger partial charge in [0.15, 0.2) is 11.5 Å². The summed E-state index contributed by atoms with van der Waals surface area (Å²) >= 11 is 0. The van der Waals surface area contributed by atoms with E-state index in [1.165, 1.54) is 18.2 Å². The van der Waals surface area contributed by atoms with Crippen LogP contribution in [0.5, 0.6) is 11.5 Å². The topological polar surface area (TPSA) is 41.5 Å². The van der Waals surface area contributed by atoms with E-state index in [-0.39, 0.29) is 18.0 Å². The second-order valence-corrected chi connectivity index (χ2v) is 4.15. The summed E-state index contributed by atoms with van der Waals surface area (Å²) in [5.41, 5.74) is 0.285. The van der Waals surface area contributed by atoms with Gasteiger partial charge in [0.1, 0.15) is 17.3 Å². The molecular weight excluding hydrogens is 264 g/mol. The molecule has 3 nitrogen and oxygen atoms in total. The molecule has 106 valence electrons. The molecule has 0 aliphatic carbocycles. The van der Waals surface area contributed by atoms with E-state index in [1.54, 1.807) is 25.1 Å². The minimum absolute atomic E-state index is 0.0291. The Labute approximate surface area is 115 Å². The first-order chi connectivity index (χ1) is 9.63. The van der Waals surface area contributed by atoms with E-state index >= 15 is 0 Å². The van der Waals surface area contributed by atoms with E-state index in [2.05, 4.69) is 5.32 Å². The van der Waals surface area contributed by atoms with Crippen molar-refractivity contribution in [3.63, 3.8) is 0 Å². The third kappa shape index (κ3) is 2.99. The van der Waals surface area contributed by atoms with Crippen molar-refractivity contribution in [2.45, 2.75) is 13.5 Å². The standard InChI is InChI=1S/C15H15F2NO2/c1-2-20-13-8-3-5-10(15(13)19)9-18-14-11(16)6-4-7-12(14)17/h3-8,18-19H,2,9H2,1H3. The molecule has 5 heteroatoms. The summed E-state index contributed by atoms with van der Waals surface area (Å²) in [5, 5.41) is 12.6. The summed E-state index contributed by atoms with van der Waals surface area (Å²) in [6, 6.07) is 8.63. The number of phenolic OH excluding ortho intramolecular Hbond substituents is 1. The smallest absolute Gasteiger partial charge is 0.162 e. The minimum atomic E-state index is -0.676. The fourth-order valence-electron chi connectivity index (χ4n) is 1.83. The Kier molecular flexibility index (Phi) is 4.40. The number of phenols is 1. The molecule has 0 spiro atoms. The normalized spacial score (nSPS) is 10.3. The van der Waals surface area contributed by atoms with Crippen molar-refractivity contribution in [2.24, 2.45) is 0 Å². The molecule has 0 amide bonds. The highest BCUT2D eigenvalue weighted by atomic mass is 19.1. The molecule has 0 unspecified atom stereocenters. The Morgan fingerprint density at radius 2 is 1.75 bits per heavy atom. The predicted molar refractivity (Wildman–Crippen MR) is 73.0 cm³/mol. The van der Waals surface area contributed by atoms with Crippen LogP contribution in [-0.2, 0) is 6.54 Å². The number of halogens is 2. The SMILES string of the molecule is CCOc1cccc(CNc2c(F)cccc2F)c1O. The van der Waals surface area contributed by atoms with Gasteiger partial charge in [-0.15, -0.1) is 0 Å². The lowest BCUT2D eigenvalue weighted by molar-refractivity contribution is 0.317. The first-order valence-corrected chi connectivity index (χ1v) is 6.25. The lowest BCUT2D eigenvalue weighted by atomic mass is 10.1. The molecular formula is C15H15F2NO2. The van der Waals surface area contributed by atoms with Crippen molar-refractivity contribution in [1.29, 1.82) is 0 Å². The molecule has 0 saturated heterocycles. The van der Waals surface area contributed by atoms with Gasteiger partial charge < -0.3 is 15.2 Å². The van der Waals surface area contributed by atoms with Gasteiger partial charge in [0.05, 0.1) is 6.61 Å². The van der Waals surface area contributed by atoms with Crippen LogP contribution in [0.3, 0.4) is 0 Å². The molecule has 0 saturated carbocycles. The van der Waals surface area contributed by atoms with Crippen LogP contribution in [0.4, 0.5) is 14.5 Å². The number of rotatable bonds is 5. The molecule has 0 aromatic heterocycles. The van der Waals surface area contributed by atoms with E-state index in [0.29, 0.717) is 17.9 Å². The van der Waals surface area contributed by atoms with Gasteiger partial charge >= 0.3 is 0 Å². The van der Waals surface area contributed by atoms with Crippen LogP contribution in [0.15, 0.2) is 36.4 Å². The van der Waals surface area contributed by atoms with Crippen LogP contribution < -0.4 is 10.1 Å². The van der Waals surface area contributed by atoms with Gasteiger partial charge in [-0.1, -0.05) is 18.2 Å². The molecule has 20 heavy (non-hydrogen) atoms. The highest BCUT2D eigenvalue weighted by Gasteiger charge is 2.11. The van der Waals surface area contributed by atoms with Gasteiger partial charge in [0.2, 0.25) is 0 Å². The van der Waals surface area contributed by atoms with E-state index in [0.717, 1.165) is 0 Å². The van der Waals surface area contributed by atoms with Gasteiger partial charge in [-0.2, -0.15) is 0 Å². The molecule has 2 N–H and O–H groups in total. The number of anilines is 1. The molecule has 0 bridgehead atoms. The number of ether oxygens (including phenoxy) is 1. The zero-order valence-electron chi connectivity index (χ0n) is 11.0. The third-order valence-corrected chi connectivity index (χ3v) is 2.80. The number of para-hydroxylation sites is 2. The van der Waals surface area contributed by atoms with Gasteiger partial charge in [-0.3, -0.25) is 0 Å². The maximum Gasteiger partial charge on any atom is 0.162 e. The maximum atomic E-state index is 13.5. The second kappa shape index (κ2) is 6.23. The lowest BCUT2D eigenvalue weighted by Gasteiger charge is -2.12. The molecule has 0 fully saturated rings. The van der Waals surface area contributed by atoms with Gasteiger partial charge in [-0.25, -0.2) is 8.78 Å². The highest BCUT2D eigenvalue weighted by Crippen LogP contribution is 2.30. The summed E-state index contributed by atoms with van der Waals surface area (Å²) < 4.78 is 32.2. The van der Waals surface area contributed by atoms with E-state index in [4.69, 9.17) is 4.74 Å². The molecule has 2 aromatic carbocycles.